The first-order valence-corrected chi connectivity index (χ1v) is 8.37. The normalized spacial score (nSPS) is 11.5. The van der Waals surface area contributed by atoms with E-state index in [1.54, 1.807) is 42.5 Å². The topological polar surface area (TPSA) is 63.2 Å². The Bertz CT molecular complexity index is 829. The third kappa shape index (κ3) is 4.19. The van der Waals surface area contributed by atoms with Crippen LogP contribution in [0.2, 0.25) is 5.02 Å². The summed E-state index contributed by atoms with van der Waals surface area (Å²) in [4.78, 5) is 11.5. The van der Waals surface area contributed by atoms with Gasteiger partial charge in [-0.05, 0) is 36.8 Å². The first-order chi connectivity index (χ1) is 10.4. The summed E-state index contributed by atoms with van der Waals surface area (Å²) in [7, 11) is -3.75. The molecule has 4 nitrogen and oxygen atoms in total. The number of carbonyl (C=O) groups is 1. The number of sulfonamides is 1. The van der Waals surface area contributed by atoms with Crippen LogP contribution in [0.3, 0.4) is 0 Å². The lowest BCUT2D eigenvalue weighted by Gasteiger charge is -2.08. The molecule has 2 aromatic rings. The zero-order valence-corrected chi connectivity index (χ0v) is 13.4. The van der Waals surface area contributed by atoms with Crippen LogP contribution in [-0.2, 0) is 10.0 Å². The molecule has 0 unspecified atom stereocenters. The van der Waals surface area contributed by atoms with Crippen LogP contribution in [0, 0.1) is 0 Å². The summed E-state index contributed by atoms with van der Waals surface area (Å²) in [5.41, 5.74) is 1.16. The van der Waals surface area contributed by atoms with Crippen LogP contribution in [0.5, 0.6) is 0 Å². The van der Waals surface area contributed by atoms with Crippen LogP contribution >= 0.6 is 11.6 Å². The average Bonchev–Trinajstić information content (AvgIpc) is 2.46. The Morgan fingerprint density at radius 1 is 1.09 bits per heavy atom. The maximum atomic E-state index is 12.1. The molecule has 0 saturated heterocycles. The molecule has 0 aliphatic rings. The number of benzene rings is 2. The standard InChI is InChI=1S/C16H14ClNO3S/c1-12(19)14-7-3-5-9-16(14)18-22(20,21)11-10-13-6-2-4-8-15(13)17/h2-11,18H,1H3. The van der Waals surface area contributed by atoms with Gasteiger partial charge in [-0.25, -0.2) is 8.42 Å². The van der Waals surface area contributed by atoms with E-state index in [2.05, 4.69) is 4.72 Å². The Morgan fingerprint density at radius 3 is 2.41 bits per heavy atom. The van der Waals surface area contributed by atoms with Crippen molar-refractivity contribution in [2.75, 3.05) is 4.72 Å². The van der Waals surface area contributed by atoms with Gasteiger partial charge in [0.2, 0.25) is 0 Å². The predicted octanol–water partition coefficient (Wildman–Crippen LogP) is 3.96. The minimum Gasteiger partial charge on any atom is -0.294 e. The van der Waals surface area contributed by atoms with Crippen LogP contribution in [0.4, 0.5) is 5.69 Å². The van der Waals surface area contributed by atoms with Crippen molar-refractivity contribution < 1.29 is 13.2 Å². The maximum Gasteiger partial charge on any atom is 0.255 e. The number of ketones is 1. The molecule has 2 rings (SSSR count). The Labute approximate surface area is 134 Å². The van der Waals surface area contributed by atoms with Gasteiger partial charge in [0.25, 0.3) is 10.0 Å². The highest BCUT2D eigenvalue weighted by Crippen LogP contribution is 2.19. The van der Waals surface area contributed by atoms with Crippen LogP contribution in [0.25, 0.3) is 6.08 Å². The summed E-state index contributed by atoms with van der Waals surface area (Å²) < 4.78 is 26.6. The lowest BCUT2D eigenvalue weighted by Crippen LogP contribution is -2.11. The van der Waals surface area contributed by atoms with Gasteiger partial charge in [0, 0.05) is 10.6 Å². The van der Waals surface area contributed by atoms with E-state index in [0.717, 1.165) is 5.41 Å². The summed E-state index contributed by atoms with van der Waals surface area (Å²) >= 11 is 5.97. The number of rotatable bonds is 5. The Balaban J connectivity index is 2.26. The van der Waals surface area contributed by atoms with E-state index < -0.39 is 10.0 Å². The molecule has 0 radical (unpaired) electrons. The molecule has 0 aliphatic heterocycles. The summed E-state index contributed by atoms with van der Waals surface area (Å²) in [5, 5.41) is 1.48. The molecule has 0 spiro atoms. The molecule has 6 heteroatoms. The quantitative estimate of drug-likeness (QED) is 0.841. The lowest BCUT2D eigenvalue weighted by atomic mass is 10.1. The smallest absolute Gasteiger partial charge is 0.255 e. The van der Waals surface area contributed by atoms with Gasteiger partial charge in [0.15, 0.2) is 5.78 Å². The van der Waals surface area contributed by atoms with Crippen molar-refractivity contribution in [1.82, 2.24) is 0 Å². The van der Waals surface area contributed by atoms with Crippen LogP contribution < -0.4 is 4.72 Å². The largest absolute Gasteiger partial charge is 0.294 e. The number of halogens is 1. The first-order valence-electron chi connectivity index (χ1n) is 6.44. The predicted molar refractivity (Wildman–Crippen MR) is 89.5 cm³/mol. The van der Waals surface area contributed by atoms with E-state index in [0.29, 0.717) is 16.1 Å². The lowest BCUT2D eigenvalue weighted by molar-refractivity contribution is 0.101. The van der Waals surface area contributed by atoms with E-state index in [4.69, 9.17) is 11.6 Å². The third-order valence-corrected chi connectivity index (χ3v) is 4.23. The number of anilines is 1. The molecule has 0 saturated carbocycles. The third-order valence-electron chi connectivity index (χ3n) is 2.89. The van der Waals surface area contributed by atoms with Crippen molar-refractivity contribution >= 4 is 39.2 Å². The van der Waals surface area contributed by atoms with Crippen molar-refractivity contribution in [3.8, 4) is 0 Å². The molecule has 1 N–H and O–H groups in total. The monoisotopic (exact) mass is 335 g/mol. The van der Waals surface area contributed by atoms with Gasteiger partial charge in [-0.3, -0.25) is 9.52 Å². The minimum absolute atomic E-state index is 0.214. The molecule has 0 bridgehead atoms. The number of para-hydroxylation sites is 1. The molecule has 114 valence electrons. The molecular formula is C16H14ClNO3S. The Hall–Kier alpha value is -2.11. The average molecular weight is 336 g/mol. The van der Waals surface area contributed by atoms with E-state index >= 15 is 0 Å². The SMILES string of the molecule is CC(=O)c1ccccc1NS(=O)(=O)C=Cc1ccccc1Cl. The van der Waals surface area contributed by atoms with Gasteiger partial charge < -0.3 is 0 Å². The van der Waals surface area contributed by atoms with Gasteiger partial charge in [0.05, 0.1) is 11.1 Å². The summed E-state index contributed by atoms with van der Waals surface area (Å²) in [6, 6.07) is 13.3. The molecule has 2 aromatic carbocycles. The highest BCUT2D eigenvalue weighted by molar-refractivity contribution is 7.95. The fourth-order valence-electron chi connectivity index (χ4n) is 1.84. The van der Waals surface area contributed by atoms with Gasteiger partial charge in [-0.2, -0.15) is 0 Å². The molecule has 0 amide bonds. The molecule has 0 atom stereocenters. The molecule has 22 heavy (non-hydrogen) atoms. The van der Waals surface area contributed by atoms with E-state index in [-0.39, 0.29) is 11.5 Å². The van der Waals surface area contributed by atoms with E-state index in [1.165, 1.54) is 19.1 Å². The summed E-state index contributed by atoms with van der Waals surface area (Å²) in [6.45, 7) is 1.38. The minimum atomic E-state index is -3.75. The fraction of sp³-hybridized carbons (Fsp3) is 0.0625. The van der Waals surface area contributed by atoms with E-state index in [1.807, 2.05) is 0 Å². The molecule has 0 heterocycles. The van der Waals surface area contributed by atoms with Crippen molar-refractivity contribution in [2.45, 2.75) is 6.92 Å². The van der Waals surface area contributed by atoms with Crippen LogP contribution in [0.1, 0.15) is 22.8 Å². The first kappa shape index (κ1) is 16.3. The van der Waals surface area contributed by atoms with E-state index in [9.17, 15) is 13.2 Å². The van der Waals surface area contributed by atoms with Crippen molar-refractivity contribution in [2.24, 2.45) is 0 Å². The number of Topliss-reactive ketones (excluding diaryl/α,β-unsaturated/α-hetero) is 1. The second kappa shape index (κ2) is 6.77. The van der Waals surface area contributed by atoms with Crippen molar-refractivity contribution in [3.63, 3.8) is 0 Å². The van der Waals surface area contributed by atoms with Crippen LogP contribution in [-0.4, -0.2) is 14.2 Å². The summed E-state index contributed by atoms with van der Waals surface area (Å²) in [6.07, 6.45) is 1.40. The fourth-order valence-corrected chi connectivity index (χ4v) is 2.92. The summed E-state index contributed by atoms with van der Waals surface area (Å²) in [5.74, 6) is -0.214. The van der Waals surface area contributed by atoms with Gasteiger partial charge in [0.1, 0.15) is 0 Å². The number of hydrogen-bond donors (Lipinski definition) is 1. The number of nitrogens with one attached hydrogen (secondary N) is 1. The molecule has 0 aliphatic carbocycles. The molecular weight excluding hydrogens is 322 g/mol. The molecule has 0 aromatic heterocycles. The van der Waals surface area contributed by atoms with Crippen molar-refractivity contribution in [1.29, 1.82) is 0 Å². The Morgan fingerprint density at radius 2 is 1.73 bits per heavy atom. The second-order valence-electron chi connectivity index (χ2n) is 4.57. The maximum absolute atomic E-state index is 12.1. The zero-order valence-electron chi connectivity index (χ0n) is 11.8. The van der Waals surface area contributed by atoms with Gasteiger partial charge >= 0.3 is 0 Å². The number of hydrogen-bond acceptors (Lipinski definition) is 3. The highest BCUT2D eigenvalue weighted by Gasteiger charge is 2.11. The Kier molecular flexibility index (Phi) is 5.00. The second-order valence-corrected chi connectivity index (χ2v) is 6.55. The zero-order chi connectivity index (χ0) is 16.2. The van der Waals surface area contributed by atoms with Crippen molar-refractivity contribution in [3.05, 3.63) is 70.1 Å². The van der Waals surface area contributed by atoms with Crippen LogP contribution in [0.15, 0.2) is 53.9 Å². The number of carbonyl (C=O) groups excluding carboxylic acids is 1. The van der Waals surface area contributed by atoms with Gasteiger partial charge in [-0.15, -0.1) is 0 Å². The van der Waals surface area contributed by atoms with Gasteiger partial charge in [-0.1, -0.05) is 41.9 Å². The molecule has 0 fully saturated rings. The highest BCUT2D eigenvalue weighted by atomic mass is 35.5.